The second-order valence-corrected chi connectivity index (χ2v) is 6.54. The first-order chi connectivity index (χ1) is 14.3. The van der Waals surface area contributed by atoms with Gasteiger partial charge in [0.05, 0.1) is 0 Å². The van der Waals surface area contributed by atoms with Gasteiger partial charge in [-0.25, -0.2) is 9.97 Å². The summed E-state index contributed by atoms with van der Waals surface area (Å²) >= 11 is 0. The van der Waals surface area contributed by atoms with E-state index in [2.05, 4.69) is 25.6 Å². The van der Waals surface area contributed by atoms with Crippen LogP contribution in [0, 0.1) is 0 Å². The van der Waals surface area contributed by atoms with Crippen LogP contribution in [0.4, 0.5) is 24.7 Å². The standard InChI is InChI=1S/C21H20F3N5O/c1-2-3-19(30)27-16-6-4-14(5-7-16)13-26-18-12-17(21(22,23)24)28-20(29-18)15-8-10-25-11-9-15/h4-12H,2-3,13H2,1H3,(H,27,30)(H,26,28,29). The molecule has 2 N–H and O–H groups in total. The van der Waals surface area contributed by atoms with E-state index in [-0.39, 0.29) is 24.1 Å². The molecule has 0 aliphatic carbocycles. The smallest absolute Gasteiger partial charge is 0.366 e. The summed E-state index contributed by atoms with van der Waals surface area (Å²) < 4.78 is 39.8. The number of rotatable bonds is 7. The second-order valence-electron chi connectivity index (χ2n) is 6.54. The highest BCUT2D eigenvalue weighted by Crippen LogP contribution is 2.30. The van der Waals surface area contributed by atoms with Crippen LogP contribution in [0.3, 0.4) is 0 Å². The fourth-order valence-corrected chi connectivity index (χ4v) is 2.66. The Morgan fingerprint density at radius 1 is 1.03 bits per heavy atom. The maximum atomic E-state index is 13.3. The van der Waals surface area contributed by atoms with Gasteiger partial charge in [-0.3, -0.25) is 9.78 Å². The van der Waals surface area contributed by atoms with Gasteiger partial charge in [0, 0.05) is 42.7 Å². The number of hydrogen-bond acceptors (Lipinski definition) is 5. The summed E-state index contributed by atoms with van der Waals surface area (Å²) in [6.07, 6.45) is -0.466. The van der Waals surface area contributed by atoms with Crippen LogP contribution in [0.1, 0.15) is 31.0 Å². The molecule has 2 heterocycles. The number of nitrogens with zero attached hydrogens (tertiary/aromatic N) is 3. The quantitative estimate of drug-likeness (QED) is 0.573. The van der Waals surface area contributed by atoms with Gasteiger partial charge >= 0.3 is 6.18 Å². The number of amides is 1. The van der Waals surface area contributed by atoms with Gasteiger partial charge in [-0.2, -0.15) is 13.2 Å². The van der Waals surface area contributed by atoms with Gasteiger partial charge in [0.2, 0.25) is 5.91 Å². The number of carbonyl (C=O) groups is 1. The number of carbonyl (C=O) groups excluding carboxylic acids is 1. The van der Waals surface area contributed by atoms with Crippen molar-refractivity contribution in [3.05, 3.63) is 66.1 Å². The lowest BCUT2D eigenvalue weighted by atomic mass is 10.2. The van der Waals surface area contributed by atoms with Crippen molar-refractivity contribution in [3.8, 4) is 11.4 Å². The number of anilines is 2. The summed E-state index contributed by atoms with van der Waals surface area (Å²) in [5, 5.41) is 5.69. The number of benzene rings is 1. The highest BCUT2D eigenvalue weighted by atomic mass is 19.4. The van der Waals surface area contributed by atoms with Crippen LogP contribution < -0.4 is 10.6 Å². The van der Waals surface area contributed by atoms with Crippen LogP contribution in [-0.4, -0.2) is 20.9 Å². The van der Waals surface area contributed by atoms with Crippen molar-refractivity contribution in [1.82, 2.24) is 15.0 Å². The molecule has 1 aromatic carbocycles. The lowest BCUT2D eigenvalue weighted by Gasteiger charge is -2.12. The molecule has 156 valence electrons. The number of alkyl halides is 3. The average molecular weight is 415 g/mol. The third-order valence-electron chi connectivity index (χ3n) is 4.14. The zero-order chi connectivity index (χ0) is 21.6. The molecule has 0 radical (unpaired) electrons. The first-order valence-electron chi connectivity index (χ1n) is 9.34. The molecule has 0 atom stereocenters. The Morgan fingerprint density at radius 2 is 1.73 bits per heavy atom. The predicted molar refractivity (Wildman–Crippen MR) is 108 cm³/mol. The van der Waals surface area contributed by atoms with Crippen LogP contribution in [0.25, 0.3) is 11.4 Å². The Bertz CT molecular complexity index is 992. The van der Waals surface area contributed by atoms with E-state index in [0.29, 0.717) is 17.7 Å². The van der Waals surface area contributed by atoms with Crippen molar-refractivity contribution in [2.24, 2.45) is 0 Å². The number of nitrogens with one attached hydrogen (secondary N) is 2. The van der Waals surface area contributed by atoms with Gasteiger partial charge in [-0.15, -0.1) is 0 Å². The summed E-state index contributed by atoms with van der Waals surface area (Å²) in [7, 11) is 0. The van der Waals surface area contributed by atoms with E-state index < -0.39 is 11.9 Å². The Labute approximate surface area is 171 Å². The summed E-state index contributed by atoms with van der Waals surface area (Å²) in [6.45, 7) is 2.18. The normalized spacial score (nSPS) is 11.2. The first kappa shape index (κ1) is 21.2. The van der Waals surface area contributed by atoms with Crippen molar-refractivity contribution >= 4 is 17.4 Å². The minimum Gasteiger partial charge on any atom is -0.366 e. The summed E-state index contributed by atoms with van der Waals surface area (Å²) in [5.74, 6) is -0.0409. The van der Waals surface area contributed by atoms with Gasteiger partial charge in [-0.05, 0) is 36.2 Å². The van der Waals surface area contributed by atoms with E-state index >= 15 is 0 Å². The maximum absolute atomic E-state index is 13.3. The van der Waals surface area contributed by atoms with Crippen LogP contribution in [0.5, 0.6) is 0 Å². The molecule has 3 rings (SSSR count). The molecular weight excluding hydrogens is 395 g/mol. The highest BCUT2D eigenvalue weighted by molar-refractivity contribution is 5.90. The number of halogens is 3. The Kier molecular flexibility index (Phi) is 6.61. The molecule has 0 saturated carbocycles. The monoisotopic (exact) mass is 415 g/mol. The van der Waals surface area contributed by atoms with E-state index in [1.165, 1.54) is 12.4 Å². The molecule has 0 spiro atoms. The maximum Gasteiger partial charge on any atom is 0.433 e. The molecule has 1 amide bonds. The van der Waals surface area contributed by atoms with E-state index in [9.17, 15) is 18.0 Å². The van der Waals surface area contributed by atoms with Gasteiger partial charge in [0.25, 0.3) is 0 Å². The van der Waals surface area contributed by atoms with Gasteiger partial charge in [0.1, 0.15) is 5.82 Å². The van der Waals surface area contributed by atoms with E-state index in [0.717, 1.165) is 18.1 Å². The Morgan fingerprint density at radius 3 is 2.37 bits per heavy atom. The van der Waals surface area contributed by atoms with Crippen molar-refractivity contribution in [3.63, 3.8) is 0 Å². The molecular formula is C21H20F3N5O. The number of hydrogen-bond donors (Lipinski definition) is 2. The second kappa shape index (κ2) is 9.34. The fraction of sp³-hybridized carbons (Fsp3) is 0.238. The third kappa shape index (κ3) is 5.76. The van der Waals surface area contributed by atoms with Gasteiger partial charge < -0.3 is 10.6 Å². The van der Waals surface area contributed by atoms with Crippen LogP contribution in [-0.2, 0) is 17.5 Å². The summed E-state index contributed by atoms with van der Waals surface area (Å²) in [5.41, 5.74) is 0.895. The zero-order valence-corrected chi connectivity index (χ0v) is 16.2. The van der Waals surface area contributed by atoms with Crippen molar-refractivity contribution in [2.45, 2.75) is 32.5 Å². The first-order valence-corrected chi connectivity index (χ1v) is 9.34. The minimum atomic E-state index is -4.60. The van der Waals surface area contributed by atoms with Gasteiger partial charge in [0.15, 0.2) is 11.5 Å². The summed E-state index contributed by atoms with van der Waals surface area (Å²) in [6, 6.07) is 11.0. The molecule has 0 bridgehead atoms. The molecule has 0 aliphatic rings. The lowest BCUT2D eigenvalue weighted by molar-refractivity contribution is -0.141. The largest absolute Gasteiger partial charge is 0.433 e. The zero-order valence-electron chi connectivity index (χ0n) is 16.2. The van der Waals surface area contributed by atoms with Crippen LogP contribution in [0.2, 0.25) is 0 Å². The molecule has 0 fully saturated rings. The average Bonchev–Trinajstić information content (AvgIpc) is 2.73. The van der Waals surface area contributed by atoms with Crippen molar-refractivity contribution < 1.29 is 18.0 Å². The van der Waals surface area contributed by atoms with Crippen molar-refractivity contribution in [2.75, 3.05) is 10.6 Å². The number of aromatic nitrogens is 3. The SMILES string of the molecule is CCCC(=O)Nc1ccc(CNc2cc(C(F)(F)F)nc(-c3ccncc3)n2)cc1. The molecule has 3 aromatic rings. The van der Waals surface area contributed by atoms with Gasteiger partial charge in [-0.1, -0.05) is 19.1 Å². The third-order valence-corrected chi connectivity index (χ3v) is 4.14. The van der Waals surface area contributed by atoms with Crippen LogP contribution >= 0.6 is 0 Å². The van der Waals surface area contributed by atoms with E-state index in [1.54, 1.807) is 36.4 Å². The molecule has 30 heavy (non-hydrogen) atoms. The molecule has 0 aliphatic heterocycles. The Hall–Kier alpha value is -3.49. The topological polar surface area (TPSA) is 79.8 Å². The molecule has 6 nitrogen and oxygen atoms in total. The highest BCUT2D eigenvalue weighted by Gasteiger charge is 2.33. The summed E-state index contributed by atoms with van der Waals surface area (Å²) in [4.78, 5) is 23.3. The van der Waals surface area contributed by atoms with Crippen LogP contribution in [0.15, 0.2) is 54.9 Å². The minimum absolute atomic E-state index is 0.0382. The molecule has 2 aromatic heterocycles. The number of pyridine rings is 1. The molecule has 0 saturated heterocycles. The predicted octanol–water partition coefficient (Wildman–Crippen LogP) is 4.91. The lowest BCUT2D eigenvalue weighted by Crippen LogP contribution is -2.12. The van der Waals surface area contributed by atoms with Crippen molar-refractivity contribution in [1.29, 1.82) is 0 Å². The van der Waals surface area contributed by atoms with E-state index in [1.807, 2.05) is 6.92 Å². The fourth-order valence-electron chi connectivity index (χ4n) is 2.66. The Balaban J connectivity index is 1.75. The van der Waals surface area contributed by atoms with E-state index in [4.69, 9.17) is 0 Å². The molecule has 9 heteroatoms. The molecule has 0 unspecified atom stereocenters.